The molecule has 0 saturated heterocycles. The van der Waals surface area contributed by atoms with Crippen molar-refractivity contribution in [3.63, 3.8) is 0 Å². The standard InChI is InChI=1S/C17H14N4O5S/c1-11-9-13(21(24)25)7-8-14(11)18-15(22)10-27-16-17(23)26-19-20(16)12-5-3-2-4-6-12/h2-9H,10H2,1H3,(H-,18,19,22,23)/p+1. The summed E-state index contributed by atoms with van der Waals surface area (Å²) in [6.45, 7) is 1.67. The maximum atomic E-state index is 12.2. The molecule has 0 bridgehead atoms. The molecule has 1 heterocycles. The van der Waals surface area contributed by atoms with Crippen LogP contribution in [0.2, 0.25) is 0 Å². The van der Waals surface area contributed by atoms with E-state index in [2.05, 4.69) is 10.6 Å². The third-order valence-electron chi connectivity index (χ3n) is 3.66. The molecule has 1 amide bonds. The molecule has 0 radical (unpaired) electrons. The molecule has 0 fully saturated rings. The lowest BCUT2D eigenvalue weighted by atomic mass is 10.2. The van der Waals surface area contributed by atoms with Gasteiger partial charge in [-0.25, -0.2) is 4.79 Å². The highest BCUT2D eigenvalue weighted by molar-refractivity contribution is 7.99. The van der Waals surface area contributed by atoms with E-state index in [4.69, 9.17) is 4.52 Å². The number of benzene rings is 2. The zero-order valence-electron chi connectivity index (χ0n) is 14.2. The van der Waals surface area contributed by atoms with Gasteiger partial charge in [0.1, 0.15) is 0 Å². The Kier molecular flexibility index (Phi) is 5.36. The number of nitro groups is 1. The Balaban J connectivity index is 1.70. The Labute approximate surface area is 157 Å². The molecule has 1 aromatic heterocycles. The number of nitrogens with zero attached hydrogens (tertiary/aromatic N) is 2. The molecule has 0 aliphatic heterocycles. The van der Waals surface area contributed by atoms with Crippen LogP contribution in [0.1, 0.15) is 5.56 Å². The van der Waals surface area contributed by atoms with Crippen LogP contribution in [-0.4, -0.2) is 21.9 Å². The lowest BCUT2D eigenvalue weighted by Gasteiger charge is -2.07. The van der Waals surface area contributed by atoms with Gasteiger partial charge in [-0.3, -0.25) is 19.4 Å². The van der Waals surface area contributed by atoms with Crippen molar-refractivity contribution in [1.29, 1.82) is 0 Å². The number of anilines is 1. The van der Waals surface area contributed by atoms with E-state index >= 15 is 0 Å². The predicted octanol–water partition coefficient (Wildman–Crippen LogP) is 2.19. The average Bonchev–Trinajstić information content (AvgIpc) is 3.03. The molecule has 3 aromatic rings. The normalized spacial score (nSPS) is 10.6. The number of hydrogen-bond donors (Lipinski definition) is 2. The first-order valence-corrected chi connectivity index (χ1v) is 8.81. The van der Waals surface area contributed by atoms with Crippen molar-refractivity contribution < 1.29 is 18.9 Å². The van der Waals surface area contributed by atoms with Crippen LogP contribution in [0.4, 0.5) is 11.4 Å². The first-order chi connectivity index (χ1) is 13.0. The Morgan fingerprint density at radius 3 is 2.70 bits per heavy atom. The number of thioether (sulfide) groups is 1. The van der Waals surface area contributed by atoms with Crippen molar-refractivity contribution in [3.05, 3.63) is 74.6 Å². The van der Waals surface area contributed by atoms with Gasteiger partial charge in [0.15, 0.2) is 0 Å². The quantitative estimate of drug-likeness (QED) is 0.289. The van der Waals surface area contributed by atoms with Gasteiger partial charge in [0.2, 0.25) is 11.6 Å². The summed E-state index contributed by atoms with van der Waals surface area (Å²) >= 11 is 1.02. The first-order valence-electron chi connectivity index (χ1n) is 7.82. The van der Waals surface area contributed by atoms with Gasteiger partial charge in [-0.05, 0) is 40.3 Å². The molecule has 2 N–H and O–H groups in total. The summed E-state index contributed by atoms with van der Waals surface area (Å²) in [5, 5.41) is 16.2. The lowest BCUT2D eigenvalue weighted by molar-refractivity contribution is -0.704. The number of hydrogen-bond acceptors (Lipinski definition) is 6. The van der Waals surface area contributed by atoms with Crippen molar-refractivity contribution >= 4 is 29.0 Å². The highest BCUT2D eigenvalue weighted by Crippen LogP contribution is 2.21. The fraction of sp³-hybridized carbons (Fsp3) is 0.118. The minimum atomic E-state index is -0.580. The van der Waals surface area contributed by atoms with Crippen molar-refractivity contribution in [2.45, 2.75) is 11.9 Å². The van der Waals surface area contributed by atoms with E-state index in [0.717, 1.165) is 11.8 Å². The highest BCUT2D eigenvalue weighted by Gasteiger charge is 2.24. The Bertz CT molecular complexity index is 1040. The predicted molar refractivity (Wildman–Crippen MR) is 98.0 cm³/mol. The number of H-pyrrole nitrogens is 1. The third-order valence-corrected chi connectivity index (χ3v) is 4.69. The topological polar surface area (TPSA) is 122 Å². The van der Waals surface area contributed by atoms with Crippen molar-refractivity contribution in [2.24, 2.45) is 0 Å². The molecule has 27 heavy (non-hydrogen) atoms. The number of aryl methyl sites for hydroxylation is 1. The number of nitrogens with one attached hydrogen (secondary N) is 2. The van der Waals surface area contributed by atoms with Crippen LogP contribution in [0.25, 0.3) is 5.69 Å². The van der Waals surface area contributed by atoms with E-state index in [1.54, 1.807) is 19.1 Å². The van der Waals surface area contributed by atoms with E-state index in [9.17, 15) is 19.7 Å². The molecule has 0 unspecified atom stereocenters. The number of carbonyl (C=O) groups excluding carboxylic acids is 1. The summed E-state index contributed by atoms with van der Waals surface area (Å²) in [5.74, 6) is -0.386. The van der Waals surface area contributed by atoms with Gasteiger partial charge in [-0.1, -0.05) is 18.2 Å². The van der Waals surface area contributed by atoms with Crippen LogP contribution in [-0.2, 0) is 4.79 Å². The number of carbonyl (C=O) groups is 1. The molecule has 0 aliphatic carbocycles. The van der Waals surface area contributed by atoms with E-state index in [1.165, 1.54) is 22.9 Å². The number of nitro benzene ring substituents is 1. The molecule has 138 valence electrons. The number of aromatic nitrogens is 2. The van der Waals surface area contributed by atoms with E-state index in [-0.39, 0.29) is 22.4 Å². The molecule has 0 aliphatic rings. The number of aromatic amines is 1. The average molecular weight is 387 g/mol. The van der Waals surface area contributed by atoms with E-state index in [0.29, 0.717) is 16.9 Å². The minimum Gasteiger partial charge on any atom is -0.325 e. The van der Waals surface area contributed by atoms with Gasteiger partial charge < -0.3 is 5.32 Å². The monoisotopic (exact) mass is 387 g/mol. The van der Waals surface area contributed by atoms with Crippen LogP contribution in [0.3, 0.4) is 0 Å². The SMILES string of the molecule is Cc1cc([N+](=O)[O-])ccc1NC(=O)CSc1c(=O)o[nH][n+]1-c1ccccc1. The van der Waals surface area contributed by atoms with Crippen LogP contribution in [0, 0.1) is 17.0 Å². The smallest absolute Gasteiger partial charge is 0.325 e. The maximum absolute atomic E-state index is 12.2. The minimum absolute atomic E-state index is 0.0358. The van der Waals surface area contributed by atoms with E-state index < -0.39 is 10.5 Å². The second-order valence-electron chi connectivity index (χ2n) is 5.55. The molecular weight excluding hydrogens is 372 g/mol. The largest absolute Gasteiger partial charge is 0.442 e. The fourth-order valence-corrected chi connectivity index (χ4v) is 3.13. The number of rotatable bonds is 6. The van der Waals surface area contributed by atoms with Crippen LogP contribution in [0.15, 0.2) is 62.9 Å². The van der Waals surface area contributed by atoms with Crippen molar-refractivity contribution in [1.82, 2.24) is 5.27 Å². The second-order valence-corrected chi connectivity index (χ2v) is 6.51. The molecule has 10 heteroatoms. The summed E-state index contributed by atoms with van der Waals surface area (Å²) in [4.78, 5) is 34.4. The van der Waals surface area contributed by atoms with Crippen LogP contribution in [0.5, 0.6) is 0 Å². The van der Waals surface area contributed by atoms with Crippen LogP contribution >= 0.6 is 11.8 Å². The van der Waals surface area contributed by atoms with Crippen molar-refractivity contribution in [3.8, 4) is 5.69 Å². The van der Waals surface area contributed by atoms with Crippen molar-refractivity contribution in [2.75, 3.05) is 11.1 Å². The Morgan fingerprint density at radius 1 is 1.30 bits per heavy atom. The zero-order valence-corrected chi connectivity index (χ0v) is 15.0. The number of non-ortho nitro benzene ring substituents is 1. The molecule has 3 rings (SSSR count). The highest BCUT2D eigenvalue weighted by atomic mass is 32.2. The summed E-state index contributed by atoms with van der Waals surface area (Å²) in [6, 6.07) is 13.2. The number of amides is 1. The van der Waals surface area contributed by atoms with E-state index in [1.807, 2.05) is 18.2 Å². The summed E-state index contributed by atoms with van der Waals surface area (Å²) in [7, 11) is 0. The molecule has 9 nitrogen and oxygen atoms in total. The summed E-state index contributed by atoms with van der Waals surface area (Å²) in [6.07, 6.45) is 0. The Hall–Kier alpha value is -3.40. The van der Waals surface area contributed by atoms with Gasteiger partial charge in [-0.15, -0.1) is 0 Å². The van der Waals surface area contributed by atoms with Gasteiger partial charge in [0.05, 0.1) is 10.7 Å². The fourth-order valence-electron chi connectivity index (χ4n) is 2.36. The van der Waals surface area contributed by atoms with Gasteiger partial charge in [0.25, 0.3) is 5.69 Å². The third kappa shape index (κ3) is 4.23. The van der Waals surface area contributed by atoms with Crippen LogP contribution < -0.4 is 15.6 Å². The molecule has 2 aromatic carbocycles. The molecule has 0 saturated carbocycles. The molecular formula is C17H15N4O5S+. The Morgan fingerprint density at radius 2 is 2.04 bits per heavy atom. The van der Waals surface area contributed by atoms with Gasteiger partial charge >= 0.3 is 10.7 Å². The maximum Gasteiger partial charge on any atom is 0.442 e. The zero-order chi connectivity index (χ0) is 19.4. The molecule has 0 spiro atoms. The second kappa shape index (κ2) is 7.87. The van der Waals surface area contributed by atoms with Gasteiger partial charge in [-0.2, -0.15) is 0 Å². The van der Waals surface area contributed by atoms with Gasteiger partial charge in [0, 0.05) is 30.0 Å². The first kappa shape index (κ1) is 18.4. The summed E-state index contributed by atoms with van der Waals surface area (Å²) in [5.41, 5.74) is 1.11. The number of para-hydroxylation sites is 1. The molecule has 0 atom stereocenters. The lowest BCUT2D eigenvalue weighted by Crippen LogP contribution is -2.36. The summed E-state index contributed by atoms with van der Waals surface area (Å²) < 4.78 is 6.28.